The summed E-state index contributed by atoms with van der Waals surface area (Å²) < 4.78 is 0. The summed E-state index contributed by atoms with van der Waals surface area (Å²) >= 11 is 0. The Bertz CT molecular complexity index is 435. The van der Waals surface area contributed by atoms with Crippen LogP contribution in [0.1, 0.15) is 63.6 Å². The van der Waals surface area contributed by atoms with Gasteiger partial charge in [0, 0.05) is 6.42 Å². The molecule has 0 fully saturated rings. The minimum absolute atomic E-state index is 0.219. The Kier molecular flexibility index (Phi) is 4.40. The molecular formula is C17H24. The van der Waals surface area contributed by atoms with Gasteiger partial charge < -0.3 is 0 Å². The summed E-state index contributed by atoms with van der Waals surface area (Å²) in [6.07, 6.45) is 0.948. The molecule has 0 aliphatic heterocycles. The van der Waals surface area contributed by atoms with Gasteiger partial charge in [0.2, 0.25) is 0 Å². The van der Waals surface area contributed by atoms with Gasteiger partial charge in [0.25, 0.3) is 0 Å². The van der Waals surface area contributed by atoms with E-state index in [9.17, 15) is 0 Å². The van der Waals surface area contributed by atoms with Crippen LogP contribution in [-0.4, -0.2) is 0 Å². The second-order valence-electron chi connectivity index (χ2n) is 5.86. The van der Waals surface area contributed by atoms with Crippen LogP contribution in [0.15, 0.2) is 18.2 Å². The molecule has 0 nitrogen and oxygen atoms in total. The fourth-order valence-corrected chi connectivity index (χ4v) is 2.13. The van der Waals surface area contributed by atoms with Crippen LogP contribution in [0.3, 0.4) is 0 Å². The lowest BCUT2D eigenvalue weighted by molar-refractivity contribution is 0.584. The lowest BCUT2D eigenvalue weighted by Gasteiger charge is -2.23. The molecule has 0 radical (unpaired) electrons. The quantitative estimate of drug-likeness (QED) is 0.637. The Morgan fingerprint density at radius 3 is 2.41 bits per heavy atom. The normalized spacial score (nSPS) is 12.8. The van der Waals surface area contributed by atoms with E-state index in [-0.39, 0.29) is 5.41 Å². The molecule has 0 heteroatoms. The maximum Gasteiger partial charge on any atom is 0.0155 e. The zero-order valence-corrected chi connectivity index (χ0v) is 12.0. The maximum absolute atomic E-state index is 3.17. The molecule has 1 rings (SSSR count). The molecule has 0 aliphatic rings. The van der Waals surface area contributed by atoms with Gasteiger partial charge in [-0.2, -0.15) is 0 Å². The Balaban J connectivity index is 3.07. The minimum Gasteiger partial charge on any atom is -0.107 e. The zero-order chi connectivity index (χ0) is 13.1. The van der Waals surface area contributed by atoms with E-state index in [0.29, 0.717) is 5.92 Å². The fraction of sp³-hybridized carbons (Fsp3) is 0.529. The second-order valence-corrected chi connectivity index (χ2v) is 5.86. The van der Waals surface area contributed by atoms with Crippen molar-refractivity contribution in [2.75, 3.05) is 0 Å². The van der Waals surface area contributed by atoms with E-state index in [1.807, 2.05) is 6.92 Å². The van der Waals surface area contributed by atoms with E-state index in [4.69, 9.17) is 0 Å². The first-order valence-corrected chi connectivity index (χ1v) is 6.37. The topological polar surface area (TPSA) is 0 Å². The van der Waals surface area contributed by atoms with E-state index in [1.165, 1.54) is 16.7 Å². The lowest BCUT2D eigenvalue weighted by Crippen LogP contribution is -2.13. The van der Waals surface area contributed by atoms with Crippen LogP contribution in [0.5, 0.6) is 0 Å². The van der Waals surface area contributed by atoms with Crippen molar-refractivity contribution < 1.29 is 0 Å². The summed E-state index contributed by atoms with van der Waals surface area (Å²) in [6.45, 7) is 13.2. The Morgan fingerprint density at radius 1 is 1.24 bits per heavy atom. The number of rotatable bonds is 2. The molecule has 0 bridgehead atoms. The second kappa shape index (κ2) is 5.41. The van der Waals surface area contributed by atoms with Crippen molar-refractivity contribution in [1.29, 1.82) is 0 Å². The number of benzene rings is 1. The van der Waals surface area contributed by atoms with Crippen LogP contribution in [0.2, 0.25) is 0 Å². The predicted octanol–water partition coefficient (Wildman–Crippen LogP) is 4.81. The molecular weight excluding hydrogens is 204 g/mol. The maximum atomic E-state index is 3.17. The first-order chi connectivity index (χ1) is 7.86. The first-order valence-electron chi connectivity index (χ1n) is 6.37. The van der Waals surface area contributed by atoms with Crippen molar-refractivity contribution in [3.05, 3.63) is 34.9 Å². The summed E-state index contributed by atoms with van der Waals surface area (Å²) in [6, 6.07) is 6.84. The molecule has 0 aromatic heterocycles. The minimum atomic E-state index is 0.219. The van der Waals surface area contributed by atoms with Crippen LogP contribution in [0.4, 0.5) is 0 Å². The van der Waals surface area contributed by atoms with E-state index in [2.05, 4.69) is 64.7 Å². The molecule has 1 unspecified atom stereocenters. The Morgan fingerprint density at radius 2 is 1.88 bits per heavy atom. The van der Waals surface area contributed by atoms with Crippen molar-refractivity contribution in [2.45, 2.75) is 59.3 Å². The highest BCUT2D eigenvalue weighted by atomic mass is 14.2. The van der Waals surface area contributed by atoms with Crippen LogP contribution in [0.25, 0.3) is 0 Å². The van der Waals surface area contributed by atoms with Gasteiger partial charge in [0.1, 0.15) is 0 Å². The number of hydrogen-bond donors (Lipinski definition) is 0. The molecule has 0 amide bonds. The van der Waals surface area contributed by atoms with Crippen LogP contribution >= 0.6 is 0 Å². The van der Waals surface area contributed by atoms with Crippen LogP contribution in [-0.2, 0) is 5.41 Å². The molecule has 0 aliphatic carbocycles. The highest BCUT2D eigenvalue weighted by Gasteiger charge is 2.17. The summed E-state index contributed by atoms with van der Waals surface area (Å²) in [5.74, 6) is 6.66. The predicted molar refractivity (Wildman–Crippen MR) is 76.4 cm³/mol. The third-order valence-corrected chi connectivity index (χ3v) is 3.22. The van der Waals surface area contributed by atoms with Gasteiger partial charge in [-0.1, -0.05) is 45.9 Å². The molecule has 0 N–H and O–H groups in total. The van der Waals surface area contributed by atoms with Crippen molar-refractivity contribution >= 4 is 0 Å². The number of hydrogen-bond acceptors (Lipinski definition) is 0. The number of aryl methyl sites for hydroxylation is 1. The average molecular weight is 228 g/mol. The SMILES string of the molecule is CC#CCC(C)c1ccc(C)c(C(C)(C)C)c1. The largest absolute Gasteiger partial charge is 0.107 e. The molecule has 0 saturated heterocycles. The van der Waals surface area contributed by atoms with E-state index in [0.717, 1.165) is 6.42 Å². The van der Waals surface area contributed by atoms with Gasteiger partial charge in [0.15, 0.2) is 0 Å². The average Bonchev–Trinajstić information content (AvgIpc) is 2.25. The van der Waals surface area contributed by atoms with E-state index >= 15 is 0 Å². The van der Waals surface area contributed by atoms with Gasteiger partial charge in [-0.25, -0.2) is 0 Å². The highest BCUT2D eigenvalue weighted by molar-refractivity contribution is 5.37. The summed E-state index contributed by atoms with van der Waals surface area (Å²) in [4.78, 5) is 0. The van der Waals surface area contributed by atoms with Gasteiger partial charge in [0.05, 0.1) is 0 Å². The summed E-state index contributed by atoms with van der Waals surface area (Å²) in [5.41, 5.74) is 4.46. The van der Waals surface area contributed by atoms with Gasteiger partial charge in [-0.3, -0.25) is 0 Å². The zero-order valence-electron chi connectivity index (χ0n) is 12.0. The van der Waals surface area contributed by atoms with Gasteiger partial charge in [-0.05, 0) is 41.9 Å². The van der Waals surface area contributed by atoms with Gasteiger partial charge in [-0.15, -0.1) is 11.8 Å². The molecule has 0 spiro atoms. The molecule has 17 heavy (non-hydrogen) atoms. The monoisotopic (exact) mass is 228 g/mol. The third-order valence-electron chi connectivity index (χ3n) is 3.22. The van der Waals surface area contributed by atoms with Crippen molar-refractivity contribution in [3.8, 4) is 11.8 Å². The molecule has 1 aromatic rings. The van der Waals surface area contributed by atoms with Crippen molar-refractivity contribution in [1.82, 2.24) is 0 Å². The smallest absolute Gasteiger partial charge is 0.0155 e. The van der Waals surface area contributed by atoms with Crippen molar-refractivity contribution in [2.24, 2.45) is 0 Å². The van der Waals surface area contributed by atoms with E-state index in [1.54, 1.807) is 0 Å². The van der Waals surface area contributed by atoms with E-state index < -0.39 is 0 Å². The van der Waals surface area contributed by atoms with Crippen LogP contribution < -0.4 is 0 Å². The molecule has 1 aromatic carbocycles. The van der Waals surface area contributed by atoms with Gasteiger partial charge >= 0.3 is 0 Å². The Hall–Kier alpha value is -1.22. The summed E-state index contributed by atoms with van der Waals surface area (Å²) in [5, 5.41) is 0. The molecule has 1 atom stereocenters. The van der Waals surface area contributed by atoms with Crippen LogP contribution in [0, 0.1) is 18.8 Å². The standard InChI is InChI=1S/C17H24/c1-7-8-9-13(2)15-11-10-14(3)16(12-15)17(4,5)6/h10-13H,9H2,1-6H3. The molecule has 0 saturated carbocycles. The fourth-order valence-electron chi connectivity index (χ4n) is 2.13. The highest BCUT2D eigenvalue weighted by Crippen LogP contribution is 2.29. The summed E-state index contributed by atoms with van der Waals surface area (Å²) in [7, 11) is 0. The lowest BCUT2D eigenvalue weighted by atomic mass is 9.81. The third kappa shape index (κ3) is 3.63. The molecule has 0 heterocycles. The molecule has 92 valence electrons. The first kappa shape index (κ1) is 13.8. The van der Waals surface area contributed by atoms with Crippen molar-refractivity contribution in [3.63, 3.8) is 0 Å². The Labute approximate surface area is 106 Å².